The smallest absolute Gasteiger partial charge is 0.295 e. The van der Waals surface area contributed by atoms with Crippen LogP contribution in [0.1, 0.15) is 0 Å². The van der Waals surface area contributed by atoms with Crippen molar-refractivity contribution in [2.24, 2.45) is 10.2 Å². The van der Waals surface area contributed by atoms with Gasteiger partial charge >= 0.3 is 0 Å². The zero-order chi connectivity index (χ0) is 19.0. The third-order valence-electron chi connectivity index (χ3n) is 4.28. The summed E-state index contributed by atoms with van der Waals surface area (Å²) in [5, 5.41) is 20.9. The van der Waals surface area contributed by atoms with Crippen molar-refractivity contribution in [3.05, 3.63) is 72.8 Å². The Hall–Kier alpha value is -2.29. The zero-order valence-electron chi connectivity index (χ0n) is 14.9. The van der Waals surface area contributed by atoms with Crippen molar-refractivity contribution >= 4 is 72.6 Å². The molecule has 0 aromatic heterocycles. The summed E-state index contributed by atoms with van der Waals surface area (Å²) in [6.45, 7) is 0. The second-order valence-corrected chi connectivity index (χ2v) is 7.34. The number of phenolic OH excluding ortho intramolecular Hbond substituents is 1. The molecule has 0 fully saturated rings. The summed E-state index contributed by atoms with van der Waals surface area (Å²) < 4.78 is 32.6. The number of rotatable bonds is 3. The molecular weight excluding hydrogens is 387 g/mol. The van der Waals surface area contributed by atoms with Crippen LogP contribution in [-0.4, -0.2) is 47.6 Å². The second kappa shape index (κ2) is 7.98. The maximum absolute atomic E-state index is 11.6. The second-order valence-electron chi connectivity index (χ2n) is 5.95. The van der Waals surface area contributed by atoms with E-state index in [0.29, 0.717) is 27.5 Å². The Morgan fingerprint density at radius 3 is 1.68 bits per heavy atom. The fourth-order valence-corrected chi connectivity index (χ4v) is 3.73. The summed E-state index contributed by atoms with van der Waals surface area (Å²) >= 11 is 0. The Balaban J connectivity index is 0.00000225. The van der Waals surface area contributed by atoms with E-state index in [4.69, 9.17) is 0 Å². The first kappa shape index (κ1) is 20.4. The number of fused-ring (bicyclic) bond motifs is 2. The van der Waals surface area contributed by atoms with Crippen LogP contribution in [0.4, 0.5) is 11.4 Å². The molecule has 4 aromatic rings. The van der Waals surface area contributed by atoms with E-state index in [1.807, 2.05) is 18.2 Å². The molecule has 0 aliphatic carbocycles. The minimum absolute atomic E-state index is 0. The minimum Gasteiger partial charge on any atom is -0.507 e. The van der Waals surface area contributed by atoms with Crippen LogP contribution in [0.2, 0.25) is 0 Å². The van der Waals surface area contributed by atoms with E-state index in [2.05, 4.69) is 10.2 Å². The monoisotopic (exact) mass is 401 g/mol. The summed E-state index contributed by atoms with van der Waals surface area (Å²) in [6, 6.07) is 20.1. The van der Waals surface area contributed by atoms with E-state index in [9.17, 15) is 18.1 Å². The number of hydrogen-bond acceptors (Lipinski definition) is 5. The van der Waals surface area contributed by atoms with Gasteiger partial charge in [0.15, 0.2) is 0 Å². The van der Waals surface area contributed by atoms with Crippen LogP contribution in [0.25, 0.3) is 21.5 Å². The molecule has 0 heterocycles. The van der Waals surface area contributed by atoms with Crippen LogP contribution in [0, 0.1) is 0 Å². The molecular formula is C20H14N2NaO4S. The first-order valence-electron chi connectivity index (χ1n) is 8.07. The standard InChI is InChI=1S/C20H14N2O4S.Na/c23-19-11-9-17(13-5-1-3-7-15(13)19)21-22-18-10-12-20(27(24,25)26)16-8-4-2-6-14(16)18;/h1-12,23H,(H,24,25,26);. The minimum atomic E-state index is -4.35. The van der Waals surface area contributed by atoms with Crippen LogP contribution in [0.3, 0.4) is 0 Å². The zero-order valence-corrected chi connectivity index (χ0v) is 17.8. The Kier molecular flexibility index (Phi) is 5.83. The van der Waals surface area contributed by atoms with Crippen molar-refractivity contribution in [3.63, 3.8) is 0 Å². The van der Waals surface area contributed by atoms with Crippen molar-refractivity contribution in [2.45, 2.75) is 4.90 Å². The largest absolute Gasteiger partial charge is 0.507 e. The van der Waals surface area contributed by atoms with E-state index >= 15 is 0 Å². The van der Waals surface area contributed by atoms with Crippen molar-refractivity contribution in [1.29, 1.82) is 0 Å². The quantitative estimate of drug-likeness (QED) is 0.287. The molecule has 0 saturated heterocycles. The topological polar surface area (TPSA) is 99.3 Å². The average Bonchev–Trinajstić information content (AvgIpc) is 2.66. The molecule has 6 nitrogen and oxygen atoms in total. The van der Waals surface area contributed by atoms with Gasteiger partial charge in [0.2, 0.25) is 0 Å². The molecule has 0 amide bonds. The maximum atomic E-state index is 11.6. The Labute approximate surface area is 183 Å². The first-order valence-corrected chi connectivity index (χ1v) is 9.51. The van der Waals surface area contributed by atoms with Gasteiger partial charge in [-0.05, 0) is 24.3 Å². The third kappa shape index (κ3) is 3.80. The number of azo groups is 1. The van der Waals surface area contributed by atoms with Gasteiger partial charge in [0.05, 0.1) is 11.4 Å². The molecule has 135 valence electrons. The fourth-order valence-electron chi connectivity index (χ4n) is 3.03. The molecule has 4 aromatic carbocycles. The van der Waals surface area contributed by atoms with Crippen molar-refractivity contribution < 1.29 is 18.1 Å². The summed E-state index contributed by atoms with van der Waals surface area (Å²) in [4.78, 5) is -0.174. The van der Waals surface area contributed by atoms with E-state index in [-0.39, 0.29) is 40.2 Å². The molecule has 4 rings (SSSR count). The summed E-state index contributed by atoms with van der Waals surface area (Å²) in [5.41, 5.74) is 1.04. The normalized spacial score (nSPS) is 11.8. The third-order valence-corrected chi connectivity index (χ3v) is 5.19. The molecule has 0 aliphatic heterocycles. The molecule has 0 spiro atoms. The van der Waals surface area contributed by atoms with Gasteiger partial charge in [-0.2, -0.15) is 8.42 Å². The predicted octanol–water partition coefficient (Wildman–Crippen LogP) is 4.98. The molecule has 0 aliphatic rings. The maximum Gasteiger partial charge on any atom is 0.295 e. The first-order chi connectivity index (χ1) is 12.9. The van der Waals surface area contributed by atoms with Gasteiger partial charge in [0.25, 0.3) is 10.1 Å². The summed E-state index contributed by atoms with van der Waals surface area (Å²) in [5.74, 6) is 0.160. The molecule has 0 saturated carbocycles. The van der Waals surface area contributed by atoms with Crippen LogP contribution in [0.5, 0.6) is 5.75 Å². The molecule has 0 bridgehead atoms. The van der Waals surface area contributed by atoms with E-state index < -0.39 is 10.1 Å². The number of nitrogens with zero attached hydrogens (tertiary/aromatic N) is 2. The van der Waals surface area contributed by atoms with E-state index in [0.717, 1.165) is 5.39 Å². The fraction of sp³-hybridized carbons (Fsp3) is 0. The van der Waals surface area contributed by atoms with Crippen LogP contribution in [-0.2, 0) is 10.1 Å². The van der Waals surface area contributed by atoms with Gasteiger partial charge in [-0.1, -0.05) is 48.5 Å². The van der Waals surface area contributed by atoms with Gasteiger partial charge in [-0.3, -0.25) is 4.55 Å². The summed E-state index contributed by atoms with van der Waals surface area (Å²) in [6.07, 6.45) is 0. The molecule has 2 N–H and O–H groups in total. The van der Waals surface area contributed by atoms with Crippen molar-refractivity contribution in [3.8, 4) is 5.75 Å². The Morgan fingerprint density at radius 1 is 0.643 bits per heavy atom. The number of benzene rings is 4. The van der Waals surface area contributed by atoms with Crippen molar-refractivity contribution in [1.82, 2.24) is 0 Å². The summed E-state index contributed by atoms with van der Waals surface area (Å²) in [7, 11) is -4.35. The van der Waals surface area contributed by atoms with Crippen LogP contribution in [0.15, 0.2) is 87.9 Å². The van der Waals surface area contributed by atoms with Gasteiger partial charge in [0.1, 0.15) is 10.6 Å². The van der Waals surface area contributed by atoms with E-state index in [1.54, 1.807) is 42.5 Å². The van der Waals surface area contributed by atoms with Crippen LogP contribution >= 0.6 is 0 Å². The average molecular weight is 401 g/mol. The Morgan fingerprint density at radius 2 is 1.11 bits per heavy atom. The van der Waals surface area contributed by atoms with Gasteiger partial charge in [-0.15, -0.1) is 10.2 Å². The molecule has 0 atom stereocenters. The molecule has 0 unspecified atom stereocenters. The van der Waals surface area contributed by atoms with E-state index in [1.165, 1.54) is 12.1 Å². The number of phenols is 1. The SMILES string of the molecule is O=S(=O)(O)c1ccc(N=Nc2ccc(O)c3ccccc23)c2ccccc12.[Na]. The van der Waals surface area contributed by atoms with Crippen LogP contribution < -0.4 is 0 Å². The van der Waals surface area contributed by atoms with Gasteiger partial charge in [-0.25, -0.2) is 0 Å². The Bertz CT molecular complexity index is 1320. The number of aromatic hydroxyl groups is 1. The van der Waals surface area contributed by atoms with Crippen molar-refractivity contribution in [2.75, 3.05) is 0 Å². The van der Waals surface area contributed by atoms with Gasteiger partial charge < -0.3 is 5.11 Å². The molecule has 28 heavy (non-hydrogen) atoms. The number of hydrogen-bond donors (Lipinski definition) is 2. The van der Waals surface area contributed by atoms with Gasteiger partial charge in [0, 0.05) is 51.1 Å². The molecule has 1 radical (unpaired) electrons. The predicted molar refractivity (Wildman–Crippen MR) is 109 cm³/mol. The molecule has 8 heteroatoms.